The molecule has 0 radical (unpaired) electrons. The normalized spacial score (nSPS) is 33.9. The molecule has 3 nitrogen and oxygen atoms in total. The van der Waals surface area contributed by atoms with Crippen LogP contribution in [-0.2, 0) is 0 Å². The largest absolute Gasteiger partial charge is 0.399 e. The highest BCUT2D eigenvalue weighted by Gasteiger charge is 2.59. The molecule has 0 spiro atoms. The van der Waals surface area contributed by atoms with E-state index >= 15 is 0 Å². The molecule has 2 aliphatic rings. The molecule has 3 heteroatoms. The number of nitrogens with one attached hydrogen (secondary N) is 1. The van der Waals surface area contributed by atoms with E-state index in [-0.39, 0.29) is 5.41 Å². The Morgan fingerprint density at radius 2 is 2.10 bits per heavy atom. The van der Waals surface area contributed by atoms with Gasteiger partial charge in [0.15, 0.2) is 0 Å². The maximum absolute atomic E-state index is 9.30. The Hall–Kier alpha value is -1.69. The fourth-order valence-corrected chi connectivity index (χ4v) is 4.60. The molecule has 1 aromatic rings. The molecule has 2 saturated carbocycles. The van der Waals surface area contributed by atoms with E-state index in [0.29, 0.717) is 22.7 Å². The Morgan fingerprint density at radius 1 is 1.35 bits per heavy atom. The Bertz CT molecular complexity index is 580. The molecule has 3 rings (SSSR count). The van der Waals surface area contributed by atoms with E-state index in [0.717, 1.165) is 11.6 Å². The van der Waals surface area contributed by atoms with Gasteiger partial charge in [-0.15, -0.1) is 0 Å². The molecule has 106 valence electrons. The Balaban J connectivity index is 1.94. The number of benzene rings is 1. The molecule has 0 aromatic heterocycles. The lowest BCUT2D eigenvalue weighted by Gasteiger charge is -2.43. The van der Waals surface area contributed by atoms with Gasteiger partial charge in [-0.25, -0.2) is 0 Å². The molecule has 0 saturated heterocycles. The number of nitrogens with two attached hydrogens (primary N) is 1. The molecule has 0 heterocycles. The minimum absolute atomic E-state index is 0.279. The third-order valence-corrected chi connectivity index (χ3v) is 5.73. The zero-order valence-corrected chi connectivity index (χ0v) is 12.5. The summed E-state index contributed by atoms with van der Waals surface area (Å²) in [6, 6.07) is 8.24. The summed E-state index contributed by atoms with van der Waals surface area (Å²) in [4.78, 5) is 0. The molecule has 0 amide bonds. The van der Waals surface area contributed by atoms with E-state index in [1.807, 2.05) is 12.1 Å². The Labute approximate surface area is 121 Å². The van der Waals surface area contributed by atoms with Crippen molar-refractivity contribution >= 4 is 11.4 Å². The number of hydrogen-bond donors (Lipinski definition) is 2. The average Bonchev–Trinajstić information content (AvgIpc) is 2.87. The third-order valence-electron chi connectivity index (χ3n) is 5.73. The number of hydrogen-bond acceptors (Lipinski definition) is 3. The summed E-state index contributed by atoms with van der Waals surface area (Å²) in [7, 11) is 0. The lowest BCUT2D eigenvalue weighted by atomic mass is 9.68. The first kappa shape index (κ1) is 13.3. The van der Waals surface area contributed by atoms with Crippen molar-refractivity contribution in [2.24, 2.45) is 16.7 Å². The van der Waals surface area contributed by atoms with Crippen molar-refractivity contribution in [1.82, 2.24) is 0 Å². The summed E-state index contributed by atoms with van der Waals surface area (Å²) in [6.07, 6.45) is 3.93. The molecular formula is C17H23N3. The van der Waals surface area contributed by atoms with Crippen LogP contribution in [0.5, 0.6) is 0 Å². The first-order chi connectivity index (χ1) is 9.37. The van der Waals surface area contributed by atoms with Crippen molar-refractivity contribution in [1.29, 1.82) is 5.26 Å². The number of rotatable bonds is 2. The van der Waals surface area contributed by atoms with Gasteiger partial charge in [-0.3, -0.25) is 0 Å². The highest BCUT2D eigenvalue weighted by Crippen LogP contribution is 2.63. The van der Waals surface area contributed by atoms with Gasteiger partial charge in [0.25, 0.3) is 0 Å². The number of nitrogen functional groups attached to an aromatic ring is 1. The minimum Gasteiger partial charge on any atom is -0.399 e. The Morgan fingerprint density at radius 3 is 2.70 bits per heavy atom. The summed E-state index contributed by atoms with van der Waals surface area (Å²) >= 11 is 0. The molecule has 3 atom stereocenters. The highest BCUT2D eigenvalue weighted by atomic mass is 15.0. The maximum atomic E-state index is 9.30. The van der Waals surface area contributed by atoms with Gasteiger partial charge in [-0.1, -0.05) is 20.8 Å². The van der Waals surface area contributed by atoms with E-state index in [9.17, 15) is 5.26 Å². The van der Waals surface area contributed by atoms with Crippen LogP contribution < -0.4 is 11.1 Å². The SMILES string of the molecule is CC12CCC(C1)C(C)(C)C2Nc1ccc(N)cc1C#N. The molecule has 2 fully saturated rings. The summed E-state index contributed by atoms with van der Waals surface area (Å²) in [5.74, 6) is 0.796. The number of nitrogens with zero attached hydrogens (tertiary/aromatic N) is 1. The van der Waals surface area contributed by atoms with Crippen LogP contribution >= 0.6 is 0 Å². The van der Waals surface area contributed by atoms with E-state index in [4.69, 9.17) is 5.73 Å². The second kappa shape index (κ2) is 4.15. The third kappa shape index (κ3) is 1.78. The molecular weight excluding hydrogens is 246 g/mol. The number of fused-ring (bicyclic) bond motifs is 2. The summed E-state index contributed by atoms with van der Waals surface area (Å²) in [6.45, 7) is 7.12. The van der Waals surface area contributed by atoms with Gasteiger partial charge in [-0.05, 0) is 54.2 Å². The first-order valence-electron chi connectivity index (χ1n) is 7.43. The van der Waals surface area contributed by atoms with Gasteiger partial charge in [0.1, 0.15) is 6.07 Å². The fourth-order valence-electron chi connectivity index (χ4n) is 4.60. The van der Waals surface area contributed by atoms with Gasteiger partial charge < -0.3 is 11.1 Å². The van der Waals surface area contributed by atoms with E-state index < -0.39 is 0 Å². The zero-order chi connectivity index (χ0) is 14.5. The van der Waals surface area contributed by atoms with Crippen LogP contribution in [0.1, 0.15) is 45.6 Å². The van der Waals surface area contributed by atoms with Crippen molar-refractivity contribution in [3.8, 4) is 6.07 Å². The topological polar surface area (TPSA) is 61.8 Å². The molecule has 3 N–H and O–H groups in total. The predicted octanol–water partition coefficient (Wildman–Crippen LogP) is 3.77. The molecule has 0 aliphatic heterocycles. The van der Waals surface area contributed by atoms with Crippen molar-refractivity contribution in [2.45, 2.75) is 46.1 Å². The number of anilines is 2. The average molecular weight is 269 g/mol. The minimum atomic E-state index is 0.279. The second-order valence-corrected chi connectivity index (χ2v) is 7.41. The molecule has 2 bridgehead atoms. The van der Waals surface area contributed by atoms with Crippen molar-refractivity contribution in [3.63, 3.8) is 0 Å². The van der Waals surface area contributed by atoms with E-state index in [1.165, 1.54) is 19.3 Å². The molecule has 20 heavy (non-hydrogen) atoms. The van der Waals surface area contributed by atoms with Gasteiger partial charge in [0, 0.05) is 11.7 Å². The molecule has 3 unspecified atom stereocenters. The van der Waals surface area contributed by atoms with Gasteiger partial charge in [-0.2, -0.15) is 5.26 Å². The summed E-state index contributed by atoms with van der Waals surface area (Å²) in [5.41, 5.74) is 8.61. The van der Waals surface area contributed by atoms with Crippen LogP contribution in [-0.4, -0.2) is 6.04 Å². The van der Waals surface area contributed by atoms with Crippen LogP contribution in [0.2, 0.25) is 0 Å². The highest BCUT2D eigenvalue weighted by molar-refractivity contribution is 5.63. The first-order valence-corrected chi connectivity index (χ1v) is 7.43. The van der Waals surface area contributed by atoms with Gasteiger partial charge in [0.2, 0.25) is 0 Å². The van der Waals surface area contributed by atoms with Crippen LogP contribution in [0.3, 0.4) is 0 Å². The lowest BCUT2D eigenvalue weighted by molar-refractivity contribution is 0.155. The zero-order valence-electron chi connectivity index (χ0n) is 12.5. The summed E-state index contributed by atoms with van der Waals surface area (Å²) in [5, 5.41) is 13.0. The van der Waals surface area contributed by atoms with Gasteiger partial charge >= 0.3 is 0 Å². The van der Waals surface area contributed by atoms with Crippen molar-refractivity contribution in [2.75, 3.05) is 11.1 Å². The van der Waals surface area contributed by atoms with E-state index in [2.05, 4.69) is 32.2 Å². The summed E-state index contributed by atoms with van der Waals surface area (Å²) < 4.78 is 0. The predicted molar refractivity (Wildman–Crippen MR) is 82.2 cm³/mol. The molecule has 2 aliphatic carbocycles. The fraction of sp³-hybridized carbons (Fsp3) is 0.588. The van der Waals surface area contributed by atoms with Crippen LogP contribution in [0.15, 0.2) is 18.2 Å². The maximum Gasteiger partial charge on any atom is 0.101 e. The smallest absolute Gasteiger partial charge is 0.101 e. The van der Waals surface area contributed by atoms with Crippen LogP contribution in [0.25, 0.3) is 0 Å². The van der Waals surface area contributed by atoms with Crippen LogP contribution in [0.4, 0.5) is 11.4 Å². The Kier molecular flexibility index (Phi) is 2.76. The lowest BCUT2D eigenvalue weighted by Crippen LogP contribution is -2.45. The number of nitriles is 1. The standard InChI is InChI=1S/C17H23N3/c1-16(2)12-6-7-17(3,9-12)15(16)20-14-5-4-13(19)8-11(14)10-18/h4-5,8,12,15,20H,6-7,9,19H2,1-3H3. The second-order valence-electron chi connectivity index (χ2n) is 7.41. The van der Waals surface area contributed by atoms with Crippen LogP contribution in [0, 0.1) is 28.1 Å². The van der Waals surface area contributed by atoms with E-state index in [1.54, 1.807) is 6.07 Å². The quantitative estimate of drug-likeness (QED) is 0.803. The molecule has 1 aromatic carbocycles. The monoisotopic (exact) mass is 269 g/mol. The van der Waals surface area contributed by atoms with Gasteiger partial charge in [0.05, 0.1) is 11.3 Å². The van der Waals surface area contributed by atoms with Crippen molar-refractivity contribution in [3.05, 3.63) is 23.8 Å². The van der Waals surface area contributed by atoms with Crippen molar-refractivity contribution < 1.29 is 0 Å².